The van der Waals surface area contributed by atoms with Crippen LogP contribution in [-0.4, -0.2) is 58.4 Å². The Labute approximate surface area is 223 Å². The molecule has 2 aliphatic rings. The number of thioether (sulfide) groups is 1. The lowest BCUT2D eigenvalue weighted by atomic mass is 9.95. The molecule has 2 aromatic carbocycles. The SMILES string of the molecule is COc1ccc(C2=C(CC(S(=O)(=O)C(F)(F)F)S(=O)(=O)C(F)(F)F)C(=O)C3C(S2)c2ccccc2N3C)cc1. The first-order valence-electron chi connectivity index (χ1n) is 10.9. The Bertz CT molecular complexity index is 1510. The normalized spacial score (nSPS) is 20.3. The molecule has 0 bridgehead atoms. The topological polar surface area (TPSA) is 97.8 Å². The van der Waals surface area contributed by atoms with Crippen LogP contribution in [0.5, 0.6) is 5.75 Å². The number of likely N-dealkylation sites (N-methyl/N-ethyl adjacent to an activating group) is 1. The summed E-state index contributed by atoms with van der Waals surface area (Å²) in [6.45, 7) is 0. The summed E-state index contributed by atoms with van der Waals surface area (Å²) in [5.41, 5.74) is -12.1. The standard InChI is InChI=1S/C23H19F6NO6S3/c1-30-16-6-4-3-5-14(16)21-18(30)19(31)15(20(37-21)12-7-9-13(36-2)10-8-12)11-17(38(32,33)22(24,25)26)39(34,35)23(27,28)29/h3-10,17-18,21H,11H2,1-2H3. The number of nitrogens with zero attached hydrogens (tertiary/aromatic N) is 1. The van der Waals surface area contributed by atoms with Crippen molar-refractivity contribution in [2.24, 2.45) is 0 Å². The van der Waals surface area contributed by atoms with Gasteiger partial charge in [-0.05, 0) is 29.3 Å². The number of carbonyl (C=O) groups is 1. The van der Waals surface area contributed by atoms with Crippen LogP contribution in [0.2, 0.25) is 0 Å². The number of Topliss-reactive ketones (excluding diaryl/α,β-unsaturated/α-hetero) is 1. The van der Waals surface area contributed by atoms with Crippen LogP contribution in [0.15, 0.2) is 54.1 Å². The first-order chi connectivity index (χ1) is 17.9. The van der Waals surface area contributed by atoms with E-state index in [9.17, 15) is 48.0 Å². The summed E-state index contributed by atoms with van der Waals surface area (Å²) in [5.74, 6) is -0.642. The molecule has 0 amide bonds. The Kier molecular flexibility index (Phi) is 7.30. The summed E-state index contributed by atoms with van der Waals surface area (Å²) in [4.78, 5) is 15.1. The Morgan fingerprint density at radius 3 is 1.97 bits per heavy atom. The molecule has 212 valence electrons. The molecular weight excluding hydrogens is 596 g/mol. The quantitative estimate of drug-likeness (QED) is 0.425. The van der Waals surface area contributed by atoms with Gasteiger partial charge in [-0.2, -0.15) is 26.3 Å². The van der Waals surface area contributed by atoms with Crippen LogP contribution in [0.25, 0.3) is 4.91 Å². The van der Waals surface area contributed by atoms with Gasteiger partial charge in [0.1, 0.15) is 11.8 Å². The number of sulfone groups is 2. The minimum absolute atomic E-state index is 0.131. The average Bonchev–Trinajstić information content (AvgIpc) is 3.14. The Balaban J connectivity index is 1.95. The summed E-state index contributed by atoms with van der Waals surface area (Å²) in [6, 6.07) is 11.2. The van der Waals surface area contributed by atoms with Gasteiger partial charge in [0.05, 0.1) is 12.4 Å². The third-order valence-corrected chi connectivity index (χ3v) is 12.5. The lowest BCUT2D eigenvalue weighted by Crippen LogP contribution is -2.47. The van der Waals surface area contributed by atoms with Crippen molar-refractivity contribution in [1.29, 1.82) is 0 Å². The molecule has 2 aromatic rings. The predicted molar refractivity (Wildman–Crippen MR) is 132 cm³/mol. The summed E-state index contributed by atoms with van der Waals surface area (Å²) in [7, 11) is -11.0. The van der Waals surface area contributed by atoms with Crippen molar-refractivity contribution >= 4 is 47.8 Å². The van der Waals surface area contributed by atoms with E-state index in [1.165, 1.54) is 43.3 Å². The highest BCUT2D eigenvalue weighted by Gasteiger charge is 2.63. The smallest absolute Gasteiger partial charge is 0.497 e. The minimum atomic E-state index is -6.94. The maximum atomic E-state index is 13.8. The van der Waals surface area contributed by atoms with Crippen molar-refractivity contribution in [2.45, 2.75) is 33.3 Å². The number of hydrogen-bond acceptors (Lipinski definition) is 8. The number of alkyl halides is 6. The van der Waals surface area contributed by atoms with Crippen molar-refractivity contribution in [3.05, 3.63) is 65.2 Å². The zero-order valence-corrected chi connectivity index (χ0v) is 22.4. The maximum absolute atomic E-state index is 13.8. The summed E-state index contributed by atoms with van der Waals surface area (Å²) >= 11 is 0.929. The van der Waals surface area contributed by atoms with Crippen LogP contribution < -0.4 is 9.64 Å². The van der Waals surface area contributed by atoms with Gasteiger partial charge < -0.3 is 9.64 Å². The molecule has 7 nitrogen and oxygen atoms in total. The van der Waals surface area contributed by atoms with Crippen LogP contribution >= 0.6 is 11.8 Å². The molecule has 0 fully saturated rings. The largest absolute Gasteiger partial charge is 0.498 e. The number of para-hydroxylation sites is 1. The number of halogens is 6. The Hall–Kier alpha value is -2.72. The van der Waals surface area contributed by atoms with E-state index in [0.29, 0.717) is 17.0 Å². The van der Waals surface area contributed by atoms with Crippen molar-refractivity contribution in [3.8, 4) is 5.75 Å². The molecular formula is C23H19F6NO6S3. The fourth-order valence-electron chi connectivity index (χ4n) is 4.53. The molecule has 0 spiro atoms. The zero-order valence-electron chi connectivity index (χ0n) is 19.9. The molecule has 0 aromatic heterocycles. The van der Waals surface area contributed by atoms with Gasteiger partial charge in [-0.3, -0.25) is 4.79 Å². The molecule has 0 saturated heterocycles. The molecule has 2 heterocycles. The fourth-order valence-corrected chi connectivity index (χ4v) is 9.50. The van der Waals surface area contributed by atoms with Gasteiger partial charge in [-0.1, -0.05) is 30.3 Å². The fraction of sp³-hybridized carbons (Fsp3) is 0.348. The van der Waals surface area contributed by atoms with E-state index in [1.807, 2.05) is 0 Å². The van der Waals surface area contributed by atoms with E-state index in [4.69, 9.17) is 4.74 Å². The van der Waals surface area contributed by atoms with E-state index in [1.54, 1.807) is 24.3 Å². The number of fused-ring (bicyclic) bond motifs is 3. The third kappa shape index (κ3) is 4.79. The molecule has 4 rings (SSSR count). The Morgan fingerprint density at radius 1 is 0.923 bits per heavy atom. The van der Waals surface area contributed by atoms with Gasteiger partial charge in [0.15, 0.2) is 10.4 Å². The molecule has 39 heavy (non-hydrogen) atoms. The summed E-state index contributed by atoms with van der Waals surface area (Å²) in [6.07, 6.45) is -1.86. The zero-order chi connectivity index (χ0) is 29.1. The number of ketones is 1. The molecule has 16 heteroatoms. The second-order valence-electron chi connectivity index (χ2n) is 8.67. The highest BCUT2D eigenvalue weighted by atomic mass is 32.3. The van der Waals surface area contributed by atoms with Crippen LogP contribution in [-0.2, 0) is 24.5 Å². The highest BCUT2D eigenvalue weighted by Crippen LogP contribution is 2.56. The van der Waals surface area contributed by atoms with Gasteiger partial charge >= 0.3 is 11.0 Å². The maximum Gasteiger partial charge on any atom is 0.498 e. The van der Waals surface area contributed by atoms with Crippen molar-refractivity contribution in [2.75, 3.05) is 19.1 Å². The van der Waals surface area contributed by atoms with Crippen molar-refractivity contribution in [3.63, 3.8) is 0 Å². The van der Waals surface area contributed by atoms with E-state index in [-0.39, 0.29) is 10.5 Å². The predicted octanol–water partition coefficient (Wildman–Crippen LogP) is 4.87. The number of rotatable bonds is 6. The summed E-state index contributed by atoms with van der Waals surface area (Å²) < 4.78 is 131. The van der Waals surface area contributed by atoms with Gasteiger partial charge in [0.2, 0.25) is 0 Å². The first kappa shape index (κ1) is 29.3. The first-order valence-corrected chi connectivity index (χ1v) is 14.9. The van der Waals surface area contributed by atoms with Gasteiger partial charge in [-0.15, -0.1) is 11.8 Å². The van der Waals surface area contributed by atoms with Gasteiger partial charge in [0.25, 0.3) is 19.7 Å². The number of ether oxygens (including phenoxy) is 1. The van der Waals surface area contributed by atoms with Crippen LogP contribution in [0.4, 0.5) is 32.0 Å². The minimum Gasteiger partial charge on any atom is -0.497 e. The molecule has 2 aliphatic heterocycles. The molecule has 2 unspecified atom stereocenters. The average molecular weight is 616 g/mol. The summed E-state index contributed by atoms with van der Waals surface area (Å²) in [5, 5.41) is -0.656. The number of anilines is 1. The van der Waals surface area contributed by atoms with Crippen LogP contribution in [0.1, 0.15) is 22.8 Å². The Morgan fingerprint density at radius 2 is 1.46 bits per heavy atom. The van der Waals surface area contributed by atoms with E-state index >= 15 is 0 Å². The van der Waals surface area contributed by atoms with E-state index in [0.717, 1.165) is 11.8 Å². The molecule has 0 N–H and O–H groups in total. The van der Waals surface area contributed by atoms with E-state index in [2.05, 4.69) is 0 Å². The van der Waals surface area contributed by atoms with Crippen LogP contribution in [0, 0.1) is 0 Å². The molecule has 2 atom stereocenters. The van der Waals surface area contributed by atoms with Gasteiger partial charge in [0, 0.05) is 29.6 Å². The second-order valence-corrected chi connectivity index (χ2v) is 14.4. The number of hydrogen-bond donors (Lipinski definition) is 0. The third-order valence-electron chi connectivity index (χ3n) is 6.47. The van der Waals surface area contributed by atoms with E-state index < -0.39 is 64.3 Å². The molecule has 0 saturated carbocycles. The highest BCUT2D eigenvalue weighted by molar-refractivity contribution is 8.10. The van der Waals surface area contributed by atoms with Gasteiger partial charge in [-0.25, -0.2) is 16.8 Å². The monoisotopic (exact) mass is 615 g/mol. The number of benzene rings is 2. The second kappa shape index (κ2) is 9.73. The number of methoxy groups -OCH3 is 1. The molecule has 0 aliphatic carbocycles. The number of carbonyl (C=O) groups excluding carboxylic acids is 1. The van der Waals surface area contributed by atoms with Crippen molar-refractivity contribution < 1.29 is 52.7 Å². The lowest BCUT2D eigenvalue weighted by Gasteiger charge is -2.33. The lowest BCUT2D eigenvalue weighted by molar-refractivity contribution is -0.116. The van der Waals surface area contributed by atoms with Crippen molar-refractivity contribution in [1.82, 2.24) is 0 Å². The molecule has 0 radical (unpaired) electrons. The van der Waals surface area contributed by atoms with Crippen LogP contribution in [0.3, 0.4) is 0 Å².